The van der Waals surface area contributed by atoms with Crippen molar-refractivity contribution in [1.29, 1.82) is 0 Å². The van der Waals surface area contributed by atoms with Crippen LogP contribution in [0.3, 0.4) is 0 Å². The van der Waals surface area contributed by atoms with Gasteiger partial charge in [0.15, 0.2) is 4.96 Å². The van der Waals surface area contributed by atoms with E-state index in [0.717, 1.165) is 28.1 Å². The van der Waals surface area contributed by atoms with E-state index in [-0.39, 0.29) is 23.1 Å². The van der Waals surface area contributed by atoms with Crippen LogP contribution in [-0.4, -0.2) is 31.7 Å². The maximum Gasteiger partial charge on any atom is 0.271 e. The maximum atomic E-state index is 13.1. The van der Waals surface area contributed by atoms with E-state index in [1.807, 2.05) is 24.3 Å². The first kappa shape index (κ1) is 15.7. The molecule has 4 aromatic rings. The Bertz CT molecular complexity index is 1160. The lowest BCUT2D eigenvalue weighted by Gasteiger charge is -2.22. The summed E-state index contributed by atoms with van der Waals surface area (Å²) in [6.45, 7) is 0.630. The molecule has 1 atom stereocenters. The number of fused-ring (bicyclic) bond motifs is 2. The van der Waals surface area contributed by atoms with Crippen LogP contribution in [0.2, 0.25) is 0 Å². The molecular weight excluding hydrogens is 368 g/mol. The average Bonchev–Trinajstić information content (AvgIpc) is 3.38. The third kappa shape index (κ3) is 2.37. The van der Waals surface area contributed by atoms with Gasteiger partial charge in [0.1, 0.15) is 10.6 Å². The number of amides is 1. The third-order valence-corrected chi connectivity index (χ3v) is 6.59. The van der Waals surface area contributed by atoms with E-state index in [1.165, 1.54) is 21.9 Å². The van der Waals surface area contributed by atoms with Crippen LogP contribution in [0.5, 0.6) is 0 Å². The van der Waals surface area contributed by atoms with E-state index in [0.29, 0.717) is 11.5 Å². The summed E-state index contributed by atoms with van der Waals surface area (Å²) in [7, 11) is 0. The zero-order chi connectivity index (χ0) is 17.7. The zero-order valence-corrected chi connectivity index (χ0v) is 15.3. The Balaban J connectivity index is 1.54. The highest BCUT2D eigenvalue weighted by Gasteiger charge is 2.34. The molecule has 3 aromatic heterocycles. The summed E-state index contributed by atoms with van der Waals surface area (Å²) in [5, 5.41) is 2.72. The van der Waals surface area contributed by atoms with Gasteiger partial charge in [0.05, 0.1) is 16.3 Å². The highest BCUT2D eigenvalue weighted by molar-refractivity contribution is 7.18. The molecular formula is C18H14N4O2S2. The van der Waals surface area contributed by atoms with Crippen LogP contribution in [-0.2, 0) is 0 Å². The second-order valence-electron chi connectivity index (χ2n) is 6.21. The first-order valence-corrected chi connectivity index (χ1v) is 10.0. The molecule has 0 radical (unpaired) electrons. The molecule has 1 aliphatic rings. The molecule has 0 saturated carbocycles. The normalized spacial score (nSPS) is 17.4. The molecule has 6 nitrogen and oxygen atoms in total. The minimum Gasteiger partial charge on any atom is -0.329 e. The van der Waals surface area contributed by atoms with Gasteiger partial charge in [0.25, 0.3) is 11.5 Å². The molecule has 1 saturated heterocycles. The van der Waals surface area contributed by atoms with Crippen molar-refractivity contribution in [3.05, 3.63) is 63.0 Å². The SMILES string of the molecule is O=C(c1cnc2sccn2c1=O)N1CCC[C@@H]1c1nc2ccccc2s1. The van der Waals surface area contributed by atoms with Crippen molar-refractivity contribution in [3.63, 3.8) is 0 Å². The maximum absolute atomic E-state index is 13.1. The summed E-state index contributed by atoms with van der Waals surface area (Å²) < 4.78 is 2.55. The number of hydrogen-bond acceptors (Lipinski definition) is 6. The molecule has 1 amide bonds. The monoisotopic (exact) mass is 382 g/mol. The predicted octanol–water partition coefficient (Wildman–Crippen LogP) is 3.34. The van der Waals surface area contributed by atoms with Crippen molar-refractivity contribution < 1.29 is 4.79 Å². The largest absolute Gasteiger partial charge is 0.329 e. The molecule has 0 unspecified atom stereocenters. The van der Waals surface area contributed by atoms with E-state index in [4.69, 9.17) is 4.98 Å². The summed E-state index contributed by atoms with van der Waals surface area (Å²) in [5.74, 6) is -0.259. The molecule has 0 bridgehead atoms. The fraction of sp³-hybridized carbons (Fsp3) is 0.222. The molecule has 4 heterocycles. The zero-order valence-electron chi connectivity index (χ0n) is 13.7. The summed E-state index contributed by atoms with van der Waals surface area (Å²) in [5.41, 5.74) is 0.762. The van der Waals surface area contributed by atoms with Crippen LogP contribution in [0.15, 0.2) is 46.8 Å². The summed E-state index contributed by atoms with van der Waals surface area (Å²) >= 11 is 2.99. The van der Waals surface area contributed by atoms with Gasteiger partial charge >= 0.3 is 0 Å². The quantitative estimate of drug-likeness (QED) is 0.533. The summed E-state index contributed by atoms with van der Waals surface area (Å²) in [6, 6.07) is 7.90. The number of rotatable bonds is 2. The van der Waals surface area contributed by atoms with Crippen LogP contribution in [0.25, 0.3) is 15.2 Å². The molecule has 1 aromatic carbocycles. The molecule has 0 N–H and O–H groups in total. The molecule has 1 aliphatic heterocycles. The van der Waals surface area contributed by atoms with E-state index >= 15 is 0 Å². The standard InChI is InChI=1S/C18H14N4O2S2/c23-16(11-10-19-18-22(17(11)24)8-9-25-18)21-7-3-5-13(21)15-20-12-4-1-2-6-14(12)26-15/h1-2,4,6,8-10,13H,3,5,7H2/t13-/m1/s1. The van der Waals surface area contributed by atoms with Gasteiger partial charge in [0.2, 0.25) is 0 Å². The van der Waals surface area contributed by atoms with Crippen molar-refractivity contribution in [2.24, 2.45) is 0 Å². The Labute approximate surface area is 156 Å². The molecule has 8 heteroatoms. The molecule has 5 rings (SSSR count). The minimum atomic E-state index is -0.309. The van der Waals surface area contributed by atoms with Gasteiger partial charge in [-0.25, -0.2) is 9.97 Å². The van der Waals surface area contributed by atoms with Crippen molar-refractivity contribution in [2.75, 3.05) is 6.54 Å². The number of thiazole rings is 2. The highest BCUT2D eigenvalue weighted by atomic mass is 32.1. The van der Waals surface area contributed by atoms with Gasteiger partial charge in [-0.3, -0.25) is 14.0 Å². The lowest BCUT2D eigenvalue weighted by molar-refractivity contribution is 0.0733. The Hall–Kier alpha value is -2.58. The van der Waals surface area contributed by atoms with Crippen LogP contribution in [0.1, 0.15) is 34.2 Å². The Morgan fingerprint density at radius 1 is 1.27 bits per heavy atom. The number of hydrogen-bond donors (Lipinski definition) is 0. The molecule has 130 valence electrons. The van der Waals surface area contributed by atoms with Gasteiger partial charge in [-0.2, -0.15) is 0 Å². The average molecular weight is 382 g/mol. The number of carbonyl (C=O) groups is 1. The van der Waals surface area contributed by atoms with Crippen LogP contribution >= 0.6 is 22.7 Å². The minimum absolute atomic E-state index is 0.0810. The van der Waals surface area contributed by atoms with E-state index < -0.39 is 0 Å². The molecule has 0 aliphatic carbocycles. The topological polar surface area (TPSA) is 67.6 Å². The molecule has 0 spiro atoms. The number of carbonyl (C=O) groups excluding carboxylic acids is 1. The Kier molecular flexibility index (Phi) is 3.61. The van der Waals surface area contributed by atoms with Crippen LogP contribution < -0.4 is 5.56 Å². The smallest absolute Gasteiger partial charge is 0.271 e. The van der Waals surface area contributed by atoms with Gasteiger partial charge in [-0.05, 0) is 25.0 Å². The van der Waals surface area contributed by atoms with Gasteiger partial charge in [0, 0.05) is 24.3 Å². The number of likely N-dealkylation sites (tertiary alicyclic amines) is 1. The molecule has 1 fully saturated rings. The highest BCUT2D eigenvalue weighted by Crippen LogP contribution is 2.36. The number of benzene rings is 1. The Morgan fingerprint density at radius 2 is 2.15 bits per heavy atom. The lowest BCUT2D eigenvalue weighted by Crippen LogP contribution is -2.35. The molecule has 26 heavy (non-hydrogen) atoms. The first-order valence-electron chi connectivity index (χ1n) is 8.34. The lowest BCUT2D eigenvalue weighted by atomic mass is 10.2. The van der Waals surface area contributed by atoms with E-state index in [9.17, 15) is 9.59 Å². The second kappa shape index (κ2) is 6.00. The fourth-order valence-electron chi connectivity index (χ4n) is 3.43. The van der Waals surface area contributed by atoms with E-state index in [1.54, 1.807) is 27.8 Å². The van der Waals surface area contributed by atoms with Crippen LogP contribution in [0, 0.1) is 0 Å². The third-order valence-electron chi connectivity index (χ3n) is 4.68. The number of aromatic nitrogens is 3. The van der Waals surface area contributed by atoms with Crippen molar-refractivity contribution >= 4 is 43.8 Å². The second-order valence-corrected chi connectivity index (χ2v) is 8.14. The number of para-hydroxylation sites is 1. The predicted molar refractivity (Wildman–Crippen MR) is 102 cm³/mol. The Morgan fingerprint density at radius 3 is 3.04 bits per heavy atom. The van der Waals surface area contributed by atoms with Gasteiger partial charge in [-0.15, -0.1) is 22.7 Å². The van der Waals surface area contributed by atoms with Crippen molar-refractivity contribution in [1.82, 2.24) is 19.3 Å². The van der Waals surface area contributed by atoms with Crippen molar-refractivity contribution in [3.8, 4) is 0 Å². The number of nitrogens with zero attached hydrogens (tertiary/aromatic N) is 4. The van der Waals surface area contributed by atoms with Crippen LogP contribution in [0.4, 0.5) is 0 Å². The van der Waals surface area contributed by atoms with Crippen molar-refractivity contribution in [2.45, 2.75) is 18.9 Å². The van der Waals surface area contributed by atoms with E-state index in [2.05, 4.69) is 4.98 Å². The first-order chi connectivity index (χ1) is 12.7. The van der Waals surface area contributed by atoms with Gasteiger partial charge in [-0.1, -0.05) is 12.1 Å². The fourth-order valence-corrected chi connectivity index (χ4v) is 5.22. The van der Waals surface area contributed by atoms with Gasteiger partial charge < -0.3 is 4.90 Å². The summed E-state index contributed by atoms with van der Waals surface area (Å²) in [6.07, 6.45) is 4.83. The summed E-state index contributed by atoms with van der Waals surface area (Å²) in [4.78, 5) is 37.1.